The van der Waals surface area contributed by atoms with Crippen LogP contribution >= 0.6 is 0 Å². The fourth-order valence-electron chi connectivity index (χ4n) is 9.21. The third-order valence-electron chi connectivity index (χ3n) is 11.7. The van der Waals surface area contributed by atoms with Crippen LogP contribution in [0.5, 0.6) is 0 Å². The van der Waals surface area contributed by atoms with Gasteiger partial charge in [0.25, 0.3) is 0 Å². The topological polar surface area (TPSA) is 9.86 Å². The maximum atomic E-state index is 2.44. The van der Waals surface area contributed by atoms with E-state index in [-0.39, 0.29) is 0 Å². The SMILES string of the molecule is c1ccc(-c2ccc(-n3c4ccccc4c4cc(-c5ccc6c(c5)c5ccccc5n6-c5ccc6c(c5)-c5cccc7cccc-6c57)ccc43)cc2)cc1. The van der Waals surface area contributed by atoms with Crippen molar-refractivity contribution in [1.82, 2.24) is 9.13 Å². The Morgan fingerprint density at radius 2 is 0.759 bits per heavy atom. The molecule has 2 heteroatoms. The van der Waals surface area contributed by atoms with Crippen LogP contribution in [0.15, 0.2) is 194 Å². The van der Waals surface area contributed by atoms with Gasteiger partial charge in [-0.2, -0.15) is 0 Å². The number of hydrogen-bond acceptors (Lipinski definition) is 0. The largest absolute Gasteiger partial charge is 0.309 e. The van der Waals surface area contributed by atoms with Crippen LogP contribution in [-0.2, 0) is 0 Å². The molecule has 11 aromatic rings. The van der Waals surface area contributed by atoms with Crippen LogP contribution in [0.2, 0.25) is 0 Å². The van der Waals surface area contributed by atoms with Crippen LogP contribution < -0.4 is 0 Å². The van der Waals surface area contributed by atoms with Crippen molar-refractivity contribution in [3.8, 4) is 55.9 Å². The molecule has 1 aliphatic rings. The van der Waals surface area contributed by atoms with E-state index in [1.807, 2.05) is 0 Å². The summed E-state index contributed by atoms with van der Waals surface area (Å²) in [6.45, 7) is 0. The van der Waals surface area contributed by atoms with Crippen molar-refractivity contribution in [3.05, 3.63) is 194 Å². The van der Waals surface area contributed by atoms with Gasteiger partial charge in [-0.3, -0.25) is 0 Å². The van der Waals surface area contributed by atoms with E-state index in [0.29, 0.717) is 0 Å². The van der Waals surface area contributed by atoms with Crippen LogP contribution in [0, 0.1) is 0 Å². The molecule has 0 aliphatic heterocycles. The second-order valence-electron chi connectivity index (χ2n) is 14.5. The number of nitrogens with zero attached hydrogens (tertiary/aromatic N) is 2. The lowest BCUT2D eigenvalue weighted by Gasteiger charge is -2.11. The first-order valence-corrected chi connectivity index (χ1v) is 18.7. The van der Waals surface area contributed by atoms with E-state index in [9.17, 15) is 0 Å². The van der Waals surface area contributed by atoms with Gasteiger partial charge in [0.1, 0.15) is 0 Å². The van der Waals surface area contributed by atoms with E-state index in [0.717, 1.165) is 5.69 Å². The Kier molecular flexibility index (Phi) is 6.09. The molecule has 9 aromatic carbocycles. The van der Waals surface area contributed by atoms with Gasteiger partial charge in [-0.1, -0.05) is 133 Å². The number of para-hydroxylation sites is 2. The van der Waals surface area contributed by atoms with Gasteiger partial charge in [0.05, 0.1) is 22.1 Å². The molecular weight excluding hydrogens is 653 g/mol. The lowest BCUT2D eigenvalue weighted by atomic mass is 10.0. The minimum absolute atomic E-state index is 1.16. The minimum Gasteiger partial charge on any atom is -0.309 e. The van der Waals surface area contributed by atoms with Crippen LogP contribution in [0.1, 0.15) is 0 Å². The first-order chi connectivity index (χ1) is 26.8. The summed E-state index contributed by atoms with van der Waals surface area (Å²) in [6.07, 6.45) is 0. The van der Waals surface area contributed by atoms with Gasteiger partial charge in [0.15, 0.2) is 0 Å². The zero-order chi connectivity index (χ0) is 35.3. The summed E-state index contributed by atoms with van der Waals surface area (Å²) < 4.78 is 4.84. The molecule has 54 heavy (non-hydrogen) atoms. The van der Waals surface area contributed by atoms with Crippen molar-refractivity contribution in [2.75, 3.05) is 0 Å². The predicted molar refractivity (Wildman–Crippen MR) is 228 cm³/mol. The van der Waals surface area contributed by atoms with Crippen molar-refractivity contribution in [3.63, 3.8) is 0 Å². The zero-order valence-corrected chi connectivity index (χ0v) is 29.4. The summed E-state index contributed by atoms with van der Waals surface area (Å²) in [6, 6.07) is 71.4. The molecule has 12 rings (SSSR count). The third kappa shape index (κ3) is 4.17. The van der Waals surface area contributed by atoms with E-state index in [2.05, 4.69) is 203 Å². The molecule has 0 saturated carbocycles. The Labute approximate surface area is 312 Å². The third-order valence-corrected chi connectivity index (χ3v) is 11.7. The van der Waals surface area contributed by atoms with E-state index < -0.39 is 0 Å². The Bertz CT molecular complexity index is 3300. The molecule has 0 bridgehead atoms. The number of rotatable bonds is 4. The van der Waals surface area contributed by atoms with Crippen LogP contribution in [0.3, 0.4) is 0 Å². The van der Waals surface area contributed by atoms with Gasteiger partial charge in [-0.05, 0) is 116 Å². The standard InChI is InChI=1S/C52H32N2/c1-2-10-33(11-3-1)34-20-24-38(25-21-34)53-48-18-6-4-14-41(48)46-30-36(22-28-50(46)53)37-23-29-51-47(31-37)42-15-5-7-19-49(42)54(51)39-26-27-40-43-16-8-12-35-13-9-17-44(52(35)43)45(40)32-39/h1-32H. The molecule has 0 saturated heterocycles. The number of aromatic nitrogens is 2. The Balaban J connectivity index is 0.991. The van der Waals surface area contributed by atoms with Crippen molar-refractivity contribution in [1.29, 1.82) is 0 Å². The summed E-state index contributed by atoms with van der Waals surface area (Å²) >= 11 is 0. The number of benzene rings is 9. The minimum atomic E-state index is 1.16. The molecule has 2 nitrogen and oxygen atoms in total. The van der Waals surface area contributed by atoms with E-state index in [1.54, 1.807) is 0 Å². The summed E-state index contributed by atoms with van der Waals surface area (Å²) in [4.78, 5) is 0. The smallest absolute Gasteiger partial charge is 0.0541 e. The van der Waals surface area contributed by atoms with Crippen molar-refractivity contribution in [2.45, 2.75) is 0 Å². The quantitative estimate of drug-likeness (QED) is 0.175. The molecule has 0 unspecified atom stereocenters. The van der Waals surface area contributed by atoms with Crippen LogP contribution in [0.25, 0.3) is 110 Å². The average molecular weight is 685 g/mol. The first kappa shape index (κ1) is 29.4. The molecule has 0 fully saturated rings. The predicted octanol–water partition coefficient (Wildman–Crippen LogP) is 14.0. The maximum absolute atomic E-state index is 2.44. The normalized spacial score (nSPS) is 12.1. The summed E-state index contributed by atoms with van der Waals surface area (Å²) in [5.74, 6) is 0. The van der Waals surface area contributed by atoms with Gasteiger partial charge in [-0.15, -0.1) is 0 Å². The van der Waals surface area contributed by atoms with E-state index in [4.69, 9.17) is 0 Å². The highest BCUT2D eigenvalue weighted by molar-refractivity contribution is 6.16. The highest BCUT2D eigenvalue weighted by atomic mass is 15.0. The van der Waals surface area contributed by atoms with Crippen LogP contribution in [0.4, 0.5) is 0 Å². The average Bonchev–Trinajstić information content (AvgIpc) is 3.87. The first-order valence-electron chi connectivity index (χ1n) is 18.7. The Morgan fingerprint density at radius 3 is 1.41 bits per heavy atom. The number of hydrogen-bond donors (Lipinski definition) is 0. The lowest BCUT2D eigenvalue weighted by molar-refractivity contribution is 1.18. The molecular formula is C52H32N2. The van der Waals surface area contributed by atoms with Crippen molar-refractivity contribution < 1.29 is 0 Å². The fraction of sp³-hybridized carbons (Fsp3) is 0. The van der Waals surface area contributed by atoms with E-state index in [1.165, 1.54) is 105 Å². The molecule has 0 amide bonds. The zero-order valence-electron chi connectivity index (χ0n) is 29.4. The molecule has 2 aromatic heterocycles. The van der Waals surface area contributed by atoms with Crippen molar-refractivity contribution >= 4 is 54.4 Å². The maximum Gasteiger partial charge on any atom is 0.0541 e. The van der Waals surface area contributed by atoms with Crippen molar-refractivity contribution in [2.24, 2.45) is 0 Å². The second kappa shape index (κ2) is 11.2. The Hall–Kier alpha value is -7.16. The highest BCUT2D eigenvalue weighted by Crippen LogP contribution is 2.48. The van der Waals surface area contributed by atoms with Gasteiger partial charge < -0.3 is 9.13 Å². The summed E-state index contributed by atoms with van der Waals surface area (Å²) in [5.41, 5.74) is 17.4. The molecule has 250 valence electrons. The van der Waals surface area contributed by atoms with Gasteiger partial charge >= 0.3 is 0 Å². The van der Waals surface area contributed by atoms with Gasteiger partial charge in [0, 0.05) is 32.9 Å². The number of fused-ring (bicyclic) bond motifs is 9. The molecule has 0 atom stereocenters. The van der Waals surface area contributed by atoms with Crippen LogP contribution in [-0.4, -0.2) is 9.13 Å². The molecule has 0 N–H and O–H groups in total. The molecule has 1 aliphatic carbocycles. The fourth-order valence-corrected chi connectivity index (χ4v) is 9.21. The highest BCUT2D eigenvalue weighted by Gasteiger charge is 2.23. The summed E-state index contributed by atoms with van der Waals surface area (Å²) in [5, 5.41) is 7.69. The molecule has 0 spiro atoms. The molecule has 0 radical (unpaired) electrons. The summed E-state index contributed by atoms with van der Waals surface area (Å²) in [7, 11) is 0. The molecule has 2 heterocycles. The van der Waals surface area contributed by atoms with E-state index >= 15 is 0 Å². The second-order valence-corrected chi connectivity index (χ2v) is 14.5. The van der Waals surface area contributed by atoms with Gasteiger partial charge in [0.2, 0.25) is 0 Å². The van der Waals surface area contributed by atoms with Gasteiger partial charge in [-0.25, -0.2) is 0 Å². The lowest BCUT2D eigenvalue weighted by Crippen LogP contribution is -1.94. The monoisotopic (exact) mass is 684 g/mol. The Morgan fingerprint density at radius 1 is 0.259 bits per heavy atom.